The minimum atomic E-state index is -0.534. The molecule has 1 atom stereocenters. The van der Waals surface area contributed by atoms with Crippen LogP contribution in [0.15, 0.2) is 17.0 Å². The molecule has 0 aliphatic carbocycles. The fourth-order valence-corrected chi connectivity index (χ4v) is 2.64. The van der Waals surface area contributed by atoms with E-state index in [1.54, 1.807) is 4.90 Å². The standard InChI is InChI=1S/C15H22BrN5O3/c1-15(2,3)24-14(23)21-6-4-5-10(9-21)18-13(22)20-12-8-17-7-11(16)19-12/h7-8,10H,4-6,9H2,1-3H3,(H2,18,19,20,22)/t10-/m0/s1. The van der Waals surface area contributed by atoms with Gasteiger partial charge in [-0.05, 0) is 49.5 Å². The summed E-state index contributed by atoms with van der Waals surface area (Å²) in [5, 5.41) is 5.48. The molecule has 1 aliphatic heterocycles. The quantitative estimate of drug-likeness (QED) is 0.796. The molecule has 1 aromatic heterocycles. The van der Waals surface area contributed by atoms with Crippen molar-refractivity contribution in [3.63, 3.8) is 0 Å². The third-order valence-electron chi connectivity index (χ3n) is 3.26. The highest BCUT2D eigenvalue weighted by Gasteiger charge is 2.28. The van der Waals surface area contributed by atoms with Crippen molar-refractivity contribution in [2.75, 3.05) is 18.4 Å². The summed E-state index contributed by atoms with van der Waals surface area (Å²) in [4.78, 5) is 33.8. The number of amides is 3. The van der Waals surface area contributed by atoms with Gasteiger partial charge in [-0.2, -0.15) is 0 Å². The third-order valence-corrected chi connectivity index (χ3v) is 3.64. The zero-order valence-electron chi connectivity index (χ0n) is 14.0. The van der Waals surface area contributed by atoms with E-state index >= 15 is 0 Å². The van der Waals surface area contributed by atoms with Crippen LogP contribution >= 0.6 is 15.9 Å². The van der Waals surface area contributed by atoms with Crippen LogP contribution in [0.3, 0.4) is 0 Å². The van der Waals surface area contributed by atoms with Gasteiger partial charge in [-0.15, -0.1) is 0 Å². The summed E-state index contributed by atoms with van der Waals surface area (Å²) in [6.07, 6.45) is 4.24. The molecule has 2 N–H and O–H groups in total. The molecule has 8 nitrogen and oxygen atoms in total. The minimum absolute atomic E-state index is 0.133. The molecule has 24 heavy (non-hydrogen) atoms. The Morgan fingerprint density at radius 2 is 2.12 bits per heavy atom. The predicted molar refractivity (Wildman–Crippen MR) is 92.7 cm³/mol. The number of carbonyl (C=O) groups excluding carboxylic acids is 2. The van der Waals surface area contributed by atoms with E-state index in [1.807, 2.05) is 20.8 Å². The van der Waals surface area contributed by atoms with E-state index in [9.17, 15) is 9.59 Å². The molecule has 0 spiro atoms. The van der Waals surface area contributed by atoms with E-state index in [0.29, 0.717) is 23.5 Å². The summed E-state index contributed by atoms with van der Waals surface area (Å²) in [5.41, 5.74) is -0.534. The maximum absolute atomic E-state index is 12.1. The molecular formula is C15H22BrN5O3. The van der Waals surface area contributed by atoms with Crippen LogP contribution in [0, 0.1) is 0 Å². The fourth-order valence-electron chi connectivity index (χ4n) is 2.33. The molecule has 1 aliphatic rings. The summed E-state index contributed by atoms with van der Waals surface area (Å²) in [6.45, 7) is 6.55. The normalized spacial score (nSPS) is 18.0. The molecule has 1 saturated heterocycles. The van der Waals surface area contributed by atoms with Gasteiger partial charge in [0.25, 0.3) is 0 Å². The highest BCUT2D eigenvalue weighted by molar-refractivity contribution is 9.10. The van der Waals surface area contributed by atoms with Crippen LogP contribution in [0.5, 0.6) is 0 Å². The molecule has 0 bridgehead atoms. The Morgan fingerprint density at radius 3 is 2.79 bits per heavy atom. The van der Waals surface area contributed by atoms with E-state index < -0.39 is 5.60 Å². The van der Waals surface area contributed by atoms with Crippen molar-refractivity contribution in [3.05, 3.63) is 17.0 Å². The second-order valence-electron chi connectivity index (χ2n) is 6.59. The van der Waals surface area contributed by atoms with Gasteiger partial charge in [-0.1, -0.05) is 0 Å². The van der Waals surface area contributed by atoms with Gasteiger partial charge in [-0.3, -0.25) is 10.3 Å². The van der Waals surface area contributed by atoms with Crippen molar-refractivity contribution < 1.29 is 14.3 Å². The van der Waals surface area contributed by atoms with Crippen LogP contribution in [0.25, 0.3) is 0 Å². The maximum Gasteiger partial charge on any atom is 0.410 e. The molecule has 0 radical (unpaired) electrons. The Bertz CT molecular complexity index is 605. The zero-order chi connectivity index (χ0) is 17.7. The summed E-state index contributed by atoms with van der Waals surface area (Å²) in [5.74, 6) is 0.349. The first-order chi connectivity index (χ1) is 11.2. The molecular weight excluding hydrogens is 378 g/mol. The number of halogens is 1. The van der Waals surface area contributed by atoms with Crippen molar-refractivity contribution in [3.8, 4) is 0 Å². The number of likely N-dealkylation sites (tertiary alicyclic amines) is 1. The summed E-state index contributed by atoms with van der Waals surface area (Å²) < 4.78 is 5.91. The summed E-state index contributed by atoms with van der Waals surface area (Å²) in [6, 6.07) is -0.509. The summed E-state index contributed by atoms with van der Waals surface area (Å²) >= 11 is 3.19. The smallest absolute Gasteiger partial charge is 0.410 e. The SMILES string of the molecule is CC(C)(C)OC(=O)N1CCC[C@H](NC(=O)Nc2cncc(Br)n2)C1. The number of carbonyl (C=O) groups is 2. The lowest BCUT2D eigenvalue weighted by Crippen LogP contribution is -2.51. The highest BCUT2D eigenvalue weighted by Crippen LogP contribution is 2.15. The average Bonchev–Trinajstić information content (AvgIpc) is 2.45. The van der Waals surface area contributed by atoms with Crippen LogP contribution in [-0.2, 0) is 4.74 Å². The third kappa shape index (κ3) is 5.95. The Balaban J connectivity index is 1.86. The van der Waals surface area contributed by atoms with E-state index in [2.05, 4.69) is 36.5 Å². The van der Waals surface area contributed by atoms with Crippen molar-refractivity contribution in [2.45, 2.75) is 45.3 Å². The molecule has 0 saturated carbocycles. The number of anilines is 1. The topological polar surface area (TPSA) is 96.5 Å². The first kappa shape index (κ1) is 18.4. The van der Waals surface area contributed by atoms with Gasteiger partial charge >= 0.3 is 12.1 Å². The van der Waals surface area contributed by atoms with Crippen molar-refractivity contribution in [1.82, 2.24) is 20.2 Å². The Morgan fingerprint density at radius 1 is 1.38 bits per heavy atom. The molecule has 132 valence electrons. The van der Waals surface area contributed by atoms with Gasteiger partial charge in [0.05, 0.1) is 12.4 Å². The van der Waals surface area contributed by atoms with Crippen LogP contribution in [0.2, 0.25) is 0 Å². The van der Waals surface area contributed by atoms with Gasteiger partial charge in [0, 0.05) is 19.1 Å². The van der Waals surface area contributed by atoms with E-state index in [4.69, 9.17) is 4.74 Å². The number of hydrogen-bond acceptors (Lipinski definition) is 5. The monoisotopic (exact) mass is 399 g/mol. The van der Waals surface area contributed by atoms with E-state index in [1.165, 1.54) is 12.4 Å². The molecule has 3 amide bonds. The molecule has 9 heteroatoms. The highest BCUT2D eigenvalue weighted by atomic mass is 79.9. The lowest BCUT2D eigenvalue weighted by Gasteiger charge is -2.34. The lowest BCUT2D eigenvalue weighted by molar-refractivity contribution is 0.0191. The first-order valence-corrected chi connectivity index (χ1v) is 8.55. The Labute approximate surface area is 149 Å². The molecule has 1 fully saturated rings. The number of nitrogens with one attached hydrogen (secondary N) is 2. The van der Waals surface area contributed by atoms with E-state index in [0.717, 1.165) is 12.8 Å². The minimum Gasteiger partial charge on any atom is -0.444 e. The van der Waals surface area contributed by atoms with Crippen LogP contribution in [-0.4, -0.2) is 51.7 Å². The van der Waals surface area contributed by atoms with Gasteiger partial charge in [0.2, 0.25) is 0 Å². The predicted octanol–water partition coefficient (Wildman–Crippen LogP) is 2.76. The number of nitrogens with zero attached hydrogens (tertiary/aromatic N) is 3. The lowest BCUT2D eigenvalue weighted by atomic mass is 10.1. The van der Waals surface area contributed by atoms with Gasteiger partial charge in [0.1, 0.15) is 10.2 Å². The van der Waals surface area contributed by atoms with Gasteiger partial charge < -0.3 is 15.0 Å². The van der Waals surface area contributed by atoms with Crippen LogP contribution in [0.1, 0.15) is 33.6 Å². The second-order valence-corrected chi connectivity index (χ2v) is 7.40. The van der Waals surface area contributed by atoms with Gasteiger partial charge in [0.15, 0.2) is 5.82 Å². The second kappa shape index (κ2) is 7.78. The average molecular weight is 400 g/mol. The first-order valence-electron chi connectivity index (χ1n) is 7.76. The number of aromatic nitrogens is 2. The number of piperidine rings is 1. The largest absolute Gasteiger partial charge is 0.444 e. The number of ether oxygens (including phenoxy) is 1. The van der Waals surface area contributed by atoms with Crippen molar-refractivity contribution >= 4 is 33.9 Å². The maximum atomic E-state index is 12.1. The van der Waals surface area contributed by atoms with Crippen molar-refractivity contribution in [2.24, 2.45) is 0 Å². The van der Waals surface area contributed by atoms with Crippen LogP contribution in [0.4, 0.5) is 15.4 Å². The molecule has 0 aromatic carbocycles. The molecule has 0 unspecified atom stereocenters. The molecule has 2 rings (SSSR count). The molecule has 2 heterocycles. The Kier molecular flexibility index (Phi) is 5.98. The number of hydrogen-bond donors (Lipinski definition) is 2. The number of urea groups is 1. The fraction of sp³-hybridized carbons (Fsp3) is 0.600. The van der Waals surface area contributed by atoms with Crippen LogP contribution < -0.4 is 10.6 Å². The summed E-state index contributed by atoms with van der Waals surface area (Å²) in [7, 11) is 0. The van der Waals surface area contributed by atoms with Gasteiger partial charge in [-0.25, -0.2) is 14.6 Å². The number of rotatable bonds is 2. The molecule has 1 aromatic rings. The Hall–Kier alpha value is -1.90. The zero-order valence-corrected chi connectivity index (χ0v) is 15.6. The van der Waals surface area contributed by atoms with Crippen molar-refractivity contribution in [1.29, 1.82) is 0 Å². The van der Waals surface area contributed by atoms with E-state index in [-0.39, 0.29) is 18.2 Å².